The minimum Gasteiger partial charge on any atom is -0.507 e. The zero-order valence-corrected chi connectivity index (χ0v) is 15.4. The van der Waals surface area contributed by atoms with Gasteiger partial charge in [-0.1, -0.05) is 12.1 Å². The molecule has 4 rings (SSSR count). The Labute approximate surface area is 161 Å². The van der Waals surface area contributed by atoms with Gasteiger partial charge in [-0.2, -0.15) is 0 Å². The van der Waals surface area contributed by atoms with Crippen molar-refractivity contribution in [2.24, 2.45) is 0 Å². The van der Waals surface area contributed by atoms with Gasteiger partial charge in [-0.3, -0.25) is 9.59 Å². The van der Waals surface area contributed by atoms with Crippen LogP contribution in [-0.4, -0.2) is 51.5 Å². The van der Waals surface area contributed by atoms with Crippen LogP contribution in [0.15, 0.2) is 30.3 Å². The van der Waals surface area contributed by atoms with E-state index in [1.54, 1.807) is 19.9 Å². The fraction of sp³-hybridized carbons (Fsp3) is 0.333. The Morgan fingerprint density at radius 3 is 2.54 bits per heavy atom. The number of aromatic hydroxyl groups is 1. The van der Waals surface area contributed by atoms with Crippen LogP contribution in [0, 0.1) is 6.92 Å². The summed E-state index contributed by atoms with van der Waals surface area (Å²) >= 11 is 0. The number of aliphatic hydroxyl groups is 2. The molecule has 1 aliphatic heterocycles. The summed E-state index contributed by atoms with van der Waals surface area (Å²) in [7, 11) is 0. The normalized spacial score (nSPS) is 26.6. The van der Waals surface area contributed by atoms with Crippen LogP contribution in [-0.2, 0) is 4.74 Å². The third-order valence-electron chi connectivity index (χ3n) is 5.24. The maximum absolute atomic E-state index is 12.9. The van der Waals surface area contributed by atoms with E-state index in [2.05, 4.69) is 0 Å². The van der Waals surface area contributed by atoms with Gasteiger partial charge >= 0.3 is 0 Å². The Hall–Kier alpha value is -2.74. The van der Waals surface area contributed by atoms with E-state index in [0.29, 0.717) is 11.3 Å². The molecule has 4 atom stereocenters. The number of carbonyl (C=O) groups excluding carboxylic acids is 2. The molecule has 7 nitrogen and oxygen atoms in total. The highest BCUT2D eigenvalue weighted by Gasteiger charge is 2.36. The van der Waals surface area contributed by atoms with Crippen molar-refractivity contribution in [3.63, 3.8) is 0 Å². The van der Waals surface area contributed by atoms with E-state index in [-0.39, 0.29) is 40.2 Å². The largest absolute Gasteiger partial charge is 0.507 e. The lowest BCUT2D eigenvalue weighted by molar-refractivity contribution is -0.216. The molecule has 28 heavy (non-hydrogen) atoms. The minimum absolute atomic E-state index is 0.0123. The molecule has 0 spiro atoms. The molecule has 0 unspecified atom stereocenters. The molecule has 2 aromatic rings. The average molecular weight is 384 g/mol. The summed E-state index contributed by atoms with van der Waals surface area (Å²) in [6, 6.07) is 7.48. The molecule has 1 saturated heterocycles. The van der Waals surface area contributed by atoms with Gasteiger partial charge in [-0.25, -0.2) is 0 Å². The van der Waals surface area contributed by atoms with Crippen LogP contribution in [0.3, 0.4) is 0 Å². The van der Waals surface area contributed by atoms with Gasteiger partial charge in [0.05, 0.1) is 17.8 Å². The summed E-state index contributed by atoms with van der Waals surface area (Å²) in [5.41, 5.74) is 1.12. The molecule has 3 N–H and O–H groups in total. The van der Waals surface area contributed by atoms with Crippen LogP contribution >= 0.6 is 0 Å². The number of carbonyl (C=O) groups is 2. The summed E-state index contributed by atoms with van der Waals surface area (Å²) in [5, 5.41) is 29.7. The first-order valence-corrected chi connectivity index (χ1v) is 9.02. The molecule has 0 amide bonds. The smallest absolute Gasteiger partial charge is 0.202 e. The number of fused-ring (bicyclic) bond motifs is 2. The lowest BCUT2D eigenvalue weighted by Crippen LogP contribution is -2.48. The summed E-state index contributed by atoms with van der Waals surface area (Å²) in [4.78, 5) is 25.8. The number of ketones is 2. The van der Waals surface area contributed by atoms with E-state index in [4.69, 9.17) is 9.47 Å². The van der Waals surface area contributed by atoms with Crippen molar-refractivity contribution in [1.29, 1.82) is 0 Å². The second-order valence-electron chi connectivity index (χ2n) is 7.20. The molecule has 1 fully saturated rings. The monoisotopic (exact) mass is 384 g/mol. The van der Waals surface area contributed by atoms with Crippen molar-refractivity contribution < 1.29 is 34.4 Å². The Kier molecular flexibility index (Phi) is 4.45. The van der Waals surface area contributed by atoms with Crippen LogP contribution in [0.25, 0.3) is 0 Å². The fourth-order valence-electron chi connectivity index (χ4n) is 3.79. The van der Waals surface area contributed by atoms with E-state index < -0.39 is 30.4 Å². The first-order chi connectivity index (χ1) is 13.3. The number of hydrogen-bond donors (Lipinski definition) is 3. The van der Waals surface area contributed by atoms with Crippen LogP contribution < -0.4 is 4.74 Å². The van der Waals surface area contributed by atoms with Gasteiger partial charge in [0.1, 0.15) is 17.6 Å². The van der Waals surface area contributed by atoms with E-state index in [1.807, 2.05) is 0 Å². The number of rotatable bonds is 2. The molecule has 0 bridgehead atoms. The lowest BCUT2D eigenvalue weighted by Gasteiger charge is -2.35. The Morgan fingerprint density at radius 2 is 1.82 bits per heavy atom. The van der Waals surface area contributed by atoms with E-state index in [1.165, 1.54) is 24.3 Å². The van der Waals surface area contributed by atoms with Gasteiger partial charge in [-0.15, -0.1) is 0 Å². The summed E-state index contributed by atoms with van der Waals surface area (Å²) in [5.74, 6) is -0.685. The topological polar surface area (TPSA) is 113 Å². The Morgan fingerprint density at radius 1 is 1.07 bits per heavy atom. The van der Waals surface area contributed by atoms with Crippen molar-refractivity contribution in [2.45, 2.75) is 44.9 Å². The van der Waals surface area contributed by atoms with Crippen LogP contribution in [0.4, 0.5) is 0 Å². The van der Waals surface area contributed by atoms with Gasteiger partial charge in [0.15, 0.2) is 11.6 Å². The number of aryl methyl sites for hydroxylation is 1. The van der Waals surface area contributed by atoms with E-state index >= 15 is 0 Å². The Balaban J connectivity index is 1.70. The van der Waals surface area contributed by atoms with Gasteiger partial charge < -0.3 is 24.8 Å². The van der Waals surface area contributed by atoms with Gasteiger partial charge in [0, 0.05) is 23.1 Å². The van der Waals surface area contributed by atoms with Crippen molar-refractivity contribution in [1.82, 2.24) is 0 Å². The summed E-state index contributed by atoms with van der Waals surface area (Å²) in [6.45, 7) is 3.32. The lowest BCUT2D eigenvalue weighted by atomic mass is 9.81. The molecule has 2 aromatic carbocycles. The molecule has 1 aliphatic carbocycles. The maximum atomic E-state index is 12.9. The molecule has 1 heterocycles. The second kappa shape index (κ2) is 6.70. The number of benzene rings is 2. The number of hydrogen-bond acceptors (Lipinski definition) is 7. The summed E-state index contributed by atoms with van der Waals surface area (Å²) in [6.07, 6.45) is -3.30. The molecule has 2 aliphatic rings. The average Bonchev–Trinajstić information content (AvgIpc) is 2.63. The van der Waals surface area contributed by atoms with Crippen molar-refractivity contribution in [3.8, 4) is 11.5 Å². The zero-order chi connectivity index (χ0) is 20.2. The highest BCUT2D eigenvalue weighted by atomic mass is 16.7. The molecule has 0 saturated carbocycles. The van der Waals surface area contributed by atoms with Crippen molar-refractivity contribution in [3.05, 3.63) is 58.1 Å². The minimum atomic E-state index is -0.992. The van der Waals surface area contributed by atoms with E-state index in [0.717, 1.165) is 0 Å². The first kappa shape index (κ1) is 18.6. The van der Waals surface area contributed by atoms with Gasteiger partial charge in [-0.05, 0) is 37.6 Å². The first-order valence-electron chi connectivity index (χ1n) is 9.02. The standard InChI is InChI=1S/C21H20O7/c1-9-6-11(28-16-8-15(23)19(24)10(2)27-16)7-13-17(9)21(26)18-12(20(13)25)4-3-5-14(18)22/h3-7,10,15-16,19,22-24H,8H2,1-2H3/t10-,15-,16+,19-/m1/s1. The number of phenols is 1. The third kappa shape index (κ3) is 2.88. The Bertz CT molecular complexity index is 969. The quantitative estimate of drug-likeness (QED) is 0.616. The van der Waals surface area contributed by atoms with Crippen LogP contribution in [0.2, 0.25) is 0 Å². The highest BCUT2D eigenvalue weighted by molar-refractivity contribution is 6.29. The van der Waals surface area contributed by atoms with Gasteiger partial charge in [0.2, 0.25) is 6.29 Å². The van der Waals surface area contributed by atoms with Crippen molar-refractivity contribution in [2.75, 3.05) is 0 Å². The molecule has 0 radical (unpaired) electrons. The zero-order valence-electron chi connectivity index (χ0n) is 15.4. The molecule has 7 heteroatoms. The predicted molar refractivity (Wildman–Crippen MR) is 97.7 cm³/mol. The highest BCUT2D eigenvalue weighted by Crippen LogP contribution is 2.36. The predicted octanol–water partition coefficient (Wildman–Crippen LogP) is 1.71. The SMILES string of the molecule is Cc1cc(O[C@H]2C[C@@H](O)[C@H](O)[C@@H](C)O2)cc2c1C(=O)c1c(O)cccc1C2=O. The second-order valence-corrected chi connectivity index (χ2v) is 7.20. The summed E-state index contributed by atoms with van der Waals surface area (Å²) < 4.78 is 11.3. The van der Waals surface area contributed by atoms with Crippen LogP contribution in [0.1, 0.15) is 50.8 Å². The van der Waals surface area contributed by atoms with E-state index in [9.17, 15) is 24.9 Å². The molecule has 0 aromatic heterocycles. The molecular formula is C21H20O7. The number of ether oxygens (including phenoxy) is 2. The van der Waals surface area contributed by atoms with Gasteiger partial charge in [0.25, 0.3) is 0 Å². The maximum Gasteiger partial charge on any atom is 0.202 e. The molecule has 146 valence electrons. The third-order valence-corrected chi connectivity index (χ3v) is 5.24. The van der Waals surface area contributed by atoms with Crippen molar-refractivity contribution >= 4 is 11.6 Å². The van der Waals surface area contributed by atoms with Crippen LogP contribution in [0.5, 0.6) is 11.5 Å². The fourth-order valence-corrected chi connectivity index (χ4v) is 3.79. The number of aliphatic hydroxyl groups excluding tert-OH is 2. The molecular weight excluding hydrogens is 364 g/mol. The number of phenolic OH excluding ortho intramolecular Hbond substituents is 1.